The second-order valence-electron chi connectivity index (χ2n) is 11.4. The van der Waals surface area contributed by atoms with Crippen LogP contribution in [0.4, 0.5) is 8.78 Å². The summed E-state index contributed by atoms with van der Waals surface area (Å²) in [5.41, 5.74) is 3.76. The maximum atomic E-state index is 15.1. The summed E-state index contributed by atoms with van der Waals surface area (Å²) < 4.78 is 35.7. The molecule has 2 aromatic rings. The van der Waals surface area contributed by atoms with Gasteiger partial charge in [0.2, 0.25) is 5.91 Å². The van der Waals surface area contributed by atoms with Crippen LogP contribution in [0.2, 0.25) is 0 Å². The fraction of sp³-hybridized carbons (Fsp3) is 0.567. The van der Waals surface area contributed by atoms with Gasteiger partial charge in [-0.1, -0.05) is 19.9 Å². The van der Waals surface area contributed by atoms with E-state index in [-0.39, 0.29) is 18.5 Å². The molecule has 2 saturated heterocycles. The van der Waals surface area contributed by atoms with Gasteiger partial charge in [-0.2, -0.15) is 0 Å². The van der Waals surface area contributed by atoms with E-state index in [1.165, 1.54) is 19.1 Å². The number of halogens is 2. The fourth-order valence-electron chi connectivity index (χ4n) is 5.62. The van der Waals surface area contributed by atoms with Crippen molar-refractivity contribution >= 4 is 11.8 Å². The van der Waals surface area contributed by atoms with E-state index < -0.39 is 34.9 Å². The summed E-state index contributed by atoms with van der Waals surface area (Å²) in [4.78, 5) is 32.8. The van der Waals surface area contributed by atoms with Gasteiger partial charge in [-0.25, -0.2) is 8.78 Å². The molecule has 2 aliphatic rings. The zero-order chi connectivity index (χ0) is 29.1. The number of rotatable bonds is 10. The molecule has 3 N–H and O–H groups in total. The van der Waals surface area contributed by atoms with Crippen LogP contribution in [0.15, 0.2) is 36.5 Å². The van der Waals surface area contributed by atoms with Crippen LogP contribution in [0, 0.1) is 11.7 Å². The number of primary amides is 1. The van der Waals surface area contributed by atoms with Crippen molar-refractivity contribution in [3.05, 3.63) is 47.9 Å². The lowest BCUT2D eigenvalue weighted by atomic mass is 9.94. The summed E-state index contributed by atoms with van der Waals surface area (Å²) in [5.74, 6) is -1.22. The number of hydrogen-bond donors (Lipinski definition) is 2. The Morgan fingerprint density at radius 2 is 1.90 bits per heavy atom. The standard InChI is InChI=1S/C30H40F2N4O4/c1-4-30(32,5-2)19-35-12-10-20(11-13-35)18-40-23-7-9-26(34-16-23)21-6-8-24(25(31)14-21)27(38)36-17-22(37)15-29(36,3)28(33)39/h6-9,14,16,20,22,37H,4-5,10-13,15,17-19H2,1-3H3,(H2,33,39). The summed E-state index contributed by atoms with van der Waals surface area (Å²) in [6.45, 7) is 7.95. The van der Waals surface area contributed by atoms with Crippen LogP contribution in [0.3, 0.4) is 0 Å². The van der Waals surface area contributed by atoms with E-state index >= 15 is 4.39 Å². The summed E-state index contributed by atoms with van der Waals surface area (Å²) in [6.07, 6.45) is 3.65. The van der Waals surface area contributed by atoms with Crippen molar-refractivity contribution in [3.8, 4) is 17.0 Å². The zero-order valence-electron chi connectivity index (χ0n) is 23.5. The molecule has 0 radical (unpaired) electrons. The first-order chi connectivity index (χ1) is 19.0. The number of pyridine rings is 1. The largest absolute Gasteiger partial charge is 0.492 e. The molecule has 40 heavy (non-hydrogen) atoms. The molecular formula is C30H40F2N4O4. The fourth-order valence-corrected chi connectivity index (χ4v) is 5.62. The molecule has 0 bridgehead atoms. The lowest BCUT2D eigenvalue weighted by Gasteiger charge is -2.36. The number of hydrogen-bond acceptors (Lipinski definition) is 6. The third-order valence-electron chi connectivity index (χ3n) is 8.60. The van der Waals surface area contributed by atoms with Crippen LogP contribution in [0.25, 0.3) is 11.3 Å². The Balaban J connectivity index is 1.33. The Kier molecular flexibility index (Phi) is 9.09. The number of aliphatic hydroxyl groups excluding tert-OH is 1. The van der Waals surface area contributed by atoms with E-state index in [9.17, 15) is 19.1 Å². The minimum Gasteiger partial charge on any atom is -0.492 e. The van der Waals surface area contributed by atoms with E-state index in [1.807, 2.05) is 13.8 Å². The molecule has 0 spiro atoms. The second kappa shape index (κ2) is 12.2. The molecule has 0 saturated carbocycles. The van der Waals surface area contributed by atoms with Crippen molar-refractivity contribution in [2.24, 2.45) is 11.7 Å². The topological polar surface area (TPSA) is 109 Å². The van der Waals surface area contributed by atoms with Gasteiger partial charge < -0.3 is 25.4 Å². The van der Waals surface area contributed by atoms with Crippen LogP contribution in [0.1, 0.15) is 63.2 Å². The molecule has 8 nitrogen and oxygen atoms in total. The number of nitrogens with zero attached hydrogens (tertiary/aromatic N) is 3. The normalized spacial score (nSPS) is 22.4. The Morgan fingerprint density at radius 3 is 2.48 bits per heavy atom. The highest BCUT2D eigenvalue weighted by Crippen LogP contribution is 2.32. The van der Waals surface area contributed by atoms with E-state index in [4.69, 9.17) is 10.5 Å². The molecule has 2 atom stereocenters. The minimum atomic E-state index is -1.39. The van der Waals surface area contributed by atoms with Gasteiger partial charge in [-0.3, -0.25) is 14.6 Å². The zero-order valence-corrected chi connectivity index (χ0v) is 23.5. The van der Waals surface area contributed by atoms with Gasteiger partial charge in [0.05, 0.1) is 30.2 Å². The van der Waals surface area contributed by atoms with Crippen molar-refractivity contribution in [3.63, 3.8) is 0 Å². The number of nitrogens with two attached hydrogens (primary N) is 1. The van der Waals surface area contributed by atoms with Crippen LogP contribution < -0.4 is 10.5 Å². The molecule has 2 amide bonds. The highest BCUT2D eigenvalue weighted by atomic mass is 19.1. The van der Waals surface area contributed by atoms with Gasteiger partial charge in [-0.05, 0) is 75.9 Å². The first kappa shape index (κ1) is 29.9. The number of aromatic nitrogens is 1. The van der Waals surface area contributed by atoms with Gasteiger partial charge in [0.1, 0.15) is 22.8 Å². The smallest absolute Gasteiger partial charge is 0.257 e. The quantitative estimate of drug-likeness (QED) is 0.457. The predicted octanol–water partition coefficient (Wildman–Crippen LogP) is 3.96. The number of ether oxygens (including phenoxy) is 1. The van der Waals surface area contributed by atoms with Crippen molar-refractivity contribution < 1.29 is 28.2 Å². The summed E-state index contributed by atoms with van der Waals surface area (Å²) >= 11 is 0. The number of carbonyl (C=O) groups excluding carboxylic acids is 2. The van der Waals surface area contributed by atoms with E-state index in [0.29, 0.717) is 48.9 Å². The molecule has 2 aliphatic heterocycles. The van der Waals surface area contributed by atoms with Gasteiger partial charge >= 0.3 is 0 Å². The molecule has 3 heterocycles. The van der Waals surface area contributed by atoms with Crippen LogP contribution >= 0.6 is 0 Å². The summed E-state index contributed by atoms with van der Waals surface area (Å²) in [5, 5.41) is 10.0. The maximum absolute atomic E-state index is 15.1. The van der Waals surface area contributed by atoms with Crippen LogP contribution in [-0.2, 0) is 4.79 Å². The Morgan fingerprint density at radius 1 is 1.20 bits per heavy atom. The lowest BCUT2D eigenvalue weighted by Crippen LogP contribution is -2.54. The molecule has 10 heteroatoms. The molecule has 2 unspecified atom stereocenters. The molecule has 0 aliphatic carbocycles. The van der Waals surface area contributed by atoms with Gasteiger partial charge in [0.25, 0.3) is 5.91 Å². The lowest BCUT2D eigenvalue weighted by molar-refractivity contribution is -0.126. The second-order valence-corrected chi connectivity index (χ2v) is 11.4. The van der Waals surface area contributed by atoms with Crippen LogP contribution in [-0.4, -0.2) is 81.8 Å². The average molecular weight is 559 g/mol. The highest BCUT2D eigenvalue weighted by Gasteiger charge is 2.49. The Labute approximate surface area is 234 Å². The number of alkyl halides is 1. The van der Waals surface area contributed by atoms with E-state index in [1.54, 1.807) is 24.4 Å². The SMILES string of the molecule is CCC(F)(CC)CN1CCC(COc2ccc(-c3ccc(C(=O)N4CC(O)CC4(C)C(N)=O)c(F)c3)nc2)CC1. The van der Waals surface area contributed by atoms with Crippen molar-refractivity contribution in [1.29, 1.82) is 0 Å². The third kappa shape index (κ3) is 6.44. The maximum Gasteiger partial charge on any atom is 0.257 e. The number of piperidine rings is 1. The minimum absolute atomic E-state index is 0.00297. The molecule has 218 valence electrons. The number of β-amino-alcohol motifs (C(OH)–C–C–N with tert-alkyl or cyclic N) is 1. The van der Waals surface area contributed by atoms with Crippen LogP contribution in [0.5, 0.6) is 5.75 Å². The third-order valence-corrected chi connectivity index (χ3v) is 8.60. The molecular weight excluding hydrogens is 518 g/mol. The number of aliphatic hydroxyl groups is 1. The Bertz CT molecular complexity index is 1200. The highest BCUT2D eigenvalue weighted by molar-refractivity contribution is 5.99. The van der Waals surface area contributed by atoms with Crippen molar-refractivity contribution in [2.75, 3.05) is 32.8 Å². The molecule has 1 aromatic heterocycles. The molecule has 2 fully saturated rings. The van der Waals surface area contributed by atoms with Crippen molar-refractivity contribution in [1.82, 2.24) is 14.8 Å². The van der Waals surface area contributed by atoms with Crippen molar-refractivity contribution in [2.45, 2.75) is 70.2 Å². The molecule has 4 rings (SSSR count). The first-order valence-electron chi connectivity index (χ1n) is 14.1. The predicted molar refractivity (Wildman–Crippen MR) is 148 cm³/mol. The van der Waals surface area contributed by atoms with Gasteiger partial charge in [0.15, 0.2) is 0 Å². The number of likely N-dealkylation sites (tertiary alicyclic amines) is 2. The number of amides is 2. The number of benzene rings is 1. The van der Waals surface area contributed by atoms with E-state index in [0.717, 1.165) is 30.8 Å². The van der Waals surface area contributed by atoms with E-state index in [2.05, 4.69) is 9.88 Å². The summed E-state index contributed by atoms with van der Waals surface area (Å²) in [6, 6.07) is 7.67. The summed E-state index contributed by atoms with van der Waals surface area (Å²) in [7, 11) is 0. The number of carbonyl (C=O) groups is 2. The first-order valence-corrected chi connectivity index (χ1v) is 14.1. The van der Waals surface area contributed by atoms with Gasteiger partial charge in [0, 0.05) is 25.1 Å². The average Bonchev–Trinajstić information content (AvgIpc) is 3.27. The Hall–Kier alpha value is -3.11. The monoisotopic (exact) mass is 558 g/mol. The molecule has 1 aromatic carbocycles. The van der Waals surface area contributed by atoms with Gasteiger partial charge in [-0.15, -0.1) is 0 Å².